The summed E-state index contributed by atoms with van der Waals surface area (Å²) < 4.78 is 28.3. The highest BCUT2D eigenvalue weighted by atomic mass is 16.8. The lowest BCUT2D eigenvalue weighted by molar-refractivity contribution is -0.344. The minimum atomic E-state index is -1.64. The van der Waals surface area contributed by atoms with Crippen molar-refractivity contribution in [2.24, 2.45) is 11.8 Å². The summed E-state index contributed by atoms with van der Waals surface area (Å²) in [4.78, 5) is 12.7. The van der Waals surface area contributed by atoms with Gasteiger partial charge in [-0.1, -0.05) is 0 Å². The van der Waals surface area contributed by atoms with Gasteiger partial charge in [-0.15, -0.1) is 0 Å². The second-order valence-corrected chi connectivity index (χ2v) is 8.84. The molecule has 3 fully saturated rings. The Hall–Kier alpha value is -2.29. The van der Waals surface area contributed by atoms with E-state index in [0.29, 0.717) is 0 Å². The van der Waals surface area contributed by atoms with E-state index in [1.54, 1.807) is 6.08 Å². The Bertz CT molecular complexity index is 934. The predicted molar refractivity (Wildman–Crippen MR) is 108 cm³/mol. The third-order valence-electron chi connectivity index (χ3n) is 6.94. The first-order chi connectivity index (χ1) is 16.3. The number of hydrogen-bond donors (Lipinski definition) is 6. The SMILES string of the molecule is O=C(O[C@H]1[C@@H]2C=CO[C@@H](O[C@H]3O[C@@H](CO)[C@H](O)[C@@H](O)[C@@H]3O)[C@@H]2[C@@]2(CO)O[C@@H]12)c1ccc(O)cc1. The van der Waals surface area contributed by atoms with E-state index < -0.39 is 85.8 Å². The lowest BCUT2D eigenvalue weighted by Gasteiger charge is -2.43. The van der Waals surface area contributed by atoms with Crippen molar-refractivity contribution in [1.29, 1.82) is 0 Å². The predicted octanol–water partition coefficient (Wildman–Crippen LogP) is -2.02. The Balaban J connectivity index is 1.34. The van der Waals surface area contributed by atoms with Crippen LogP contribution in [0.4, 0.5) is 0 Å². The van der Waals surface area contributed by atoms with Gasteiger partial charge in [-0.3, -0.25) is 0 Å². The number of esters is 1. The number of fused-ring (bicyclic) bond motifs is 3. The molecule has 34 heavy (non-hydrogen) atoms. The molecule has 0 bridgehead atoms. The summed E-state index contributed by atoms with van der Waals surface area (Å²) >= 11 is 0. The number of epoxide rings is 1. The summed E-state index contributed by atoms with van der Waals surface area (Å²) in [5.74, 6) is -1.78. The van der Waals surface area contributed by atoms with E-state index in [2.05, 4.69) is 0 Å². The van der Waals surface area contributed by atoms with Crippen LogP contribution in [0, 0.1) is 11.8 Å². The molecule has 1 aromatic carbocycles. The molecule has 1 saturated carbocycles. The van der Waals surface area contributed by atoms with Crippen LogP contribution in [0.5, 0.6) is 5.75 Å². The highest BCUT2D eigenvalue weighted by Crippen LogP contribution is 2.60. The Morgan fingerprint density at radius 3 is 2.44 bits per heavy atom. The quantitative estimate of drug-likeness (QED) is 0.193. The first kappa shape index (κ1) is 23.5. The van der Waals surface area contributed by atoms with Crippen LogP contribution in [0.15, 0.2) is 36.6 Å². The summed E-state index contributed by atoms with van der Waals surface area (Å²) in [5, 5.41) is 59.3. The Labute approximate surface area is 193 Å². The maximum Gasteiger partial charge on any atom is 0.338 e. The minimum Gasteiger partial charge on any atom is -0.508 e. The van der Waals surface area contributed by atoms with Crippen LogP contribution >= 0.6 is 0 Å². The zero-order valence-electron chi connectivity index (χ0n) is 17.8. The van der Waals surface area contributed by atoms with E-state index >= 15 is 0 Å². The Morgan fingerprint density at radius 1 is 1.03 bits per heavy atom. The zero-order chi connectivity index (χ0) is 24.2. The van der Waals surface area contributed by atoms with Gasteiger partial charge in [-0.05, 0) is 30.3 Å². The molecular weight excluding hydrogens is 456 g/mol. The lowest BCUT2D eigenvalue weighted by atomic mass is 9.85. The van der Waals surface area contributed by atoms with Gasteiger partial charge in [-0.25, -0.2) is 4.79 Å². The van der Waals surface area contributed by atoms with Crippen LogP contribution < -0.4 is 0 Å². The third-order valence-corrected chi connectivity index (χ3v) is 6.94. The van der Waals surface area contributed by atoms with Crippen LogP contribution in [0.2, 0.25) is 0 Å². The van der Waals surface area contributed by atoms with E-state index in [0.717, 1.165) is 0 Å². The summed E-state index contributed by atoms with van der Waals surface area (Å²) in [6.07, 6.45) is -6.99. The van der Waals surface area contributed by atoms with Crippen LogP contribution in [-0.4, -0.2) is 105 Å². The molecule has 0 radical (unpaired) electrons. The van der Waals surface area contributed by atoms with Gasteiger partial charge in [0.15, 0.2) is 6.29 Å². The summed E-state index contributed by atoms with van der Waals surface area (Å²) in [5.41, 5.74) is -0.907. The number of phenolic OH excluding ortho intramolecular Hbond substituents is 1. The first-order valence-corrected chi connectivity index (χ1v) is 10.9. The molecule has 0 aromatic heterocycles. The van der Waals surface area contributed by atoms with Crippen molar-refractivity contribution in [3.63, 3.8) is 0 Å². The van der Waals surface area contributed by atoms with Gasteiger partial charge in [0.1, 0.15) is 48.0 Å². The van der Waals surface area contributed by atoms with E-state index in [9.17, 15) is 35.4 Å². The maximum atomic E-state index is 12.7. The number of benzene rings is 1. The van der Waals surface area contributed by atoms with Gasteiger partial charge < -0.3 is 54.3 Å². The molecular formula is C22H26O12. The fourth-order valence-electron chi connectivity index (χ4n) is 5.08. The van der Waals surface area contributed by atoms with Crippen molar-refractivity contribution in [1.82, 2.24) is 0 Å². The van der Waals surface area contributed by atoms with Crippen molar-refractivity contribution in [3.8, 4) is 5.75 Å². The molecule has 1 aromatic rings. The number of aromatic hydroxyl groups is 1. The largest absolute Gasteiger partial charge is 0.508 e. The van der Waals surface area contributed by atoms with Crippen molar-refractivity contribution in [3.05, 3.63) is 42.2 Å². The van der Waals surface area contributed by atoms with Crippen molar-refractivity contribution < 1.29 is 59.1 Å². The number of carbonyl (C=O) groups is 1. The number of hydrogen-bond acceptors (Lipinski definition) is 12. The fraction of sp³-hybridized carbons (Fsp3) is 0.591. The van der Waals surface area contributed by atoms with Crippen molar-refractivity contribution in [2.75, 3.05) is 13.2 Å². The molecule has 0 spiro atoms. The molecule has 3 aliphatic heterocycles. The van der Waals surface area contributed by atoms with Gasteiger partial charge in [0.05, 0.1) is 31.0 Å². The molecule has 12 heteroatoms. The molecule has 4 aliphatic rings. The highest BCUT2D eigenvalue weighted by molar-refractivity contribution is 5.89. The Morgan fingerprint density at radius 2 is 1.76 bits per heavy atom. The minimum absolute atomic E-state index is 0.00264. The number of phenols is 1. The molecule has 5 rings (SSSR count). The zero-order valence-corrected chi connectivity index (χ0v) is 17.8. The van der Waals surface area contributed by atoms with E-state index in [4.69, 9.17) is 23.7 Å². The van der Waals surface area contributed by atoms with E-state index in [-0.39, 0.29) is 11.3 Å². The Kier molecular flexibility index (Phi) is 6.02. The van der Waals surface area contributed by atoms with Gasteiger partial charge in [0.2, 0.25) is 6.29 Å². The van der Waals surface area contributed by atoms with E-state index in [1.807, 2.05) is 0 Å². The molecule has 2 saturated heterocycles. The molecule has 3 heterocycles. The fourth-order valence-corrected chi connectivity index (χ4v) is 5.08. The van der Waals surface area contributed by atoms with Gasteiger partial charge >= 0.3 is 5.97 Å². The summed E-state index contributed by atoms with van der Waals surface area (Å²) in [6, 6.07) is 5.56. The standard InChI is InChI=1S/C22H26O12/c23-7-12-14(26)15(27)16(28)21(31-12)33-20-13-11(5-6-30-20)17(18-22(13,8-24)34-18)32-19(29)9-1-3-10(25)4-2-9/h1-6,11-18,20-21,23-28H,7-8H2/t11-,12+,13-,14+,15-,16+,17+,18+,20+,21-,22-/m1/s1. The van der Waals surface area contributed by atoms with Gasteiger partial charge in [-0.2, -0.15) is 0 Å². The monoisotopic (exact) mass is 482 g/mol. The van der Waals surface area contributed by atoms with Crippen LogP contribution in [0.25, 0.3) is 0 Å². The number of carbonyl (C=O) groups excluding carboxylic acids is 1. The first-order valence-electron chi connectivity index (χ1n) is 10.9. The lowest BCUT2D eigenvalue weighted by Crippen LogP contribution is -2.60. The molecule has 1 aliphatic carbocycles. The van der Waals surface area contributed by atoms with Crippen molar-refractivity contribution in [2.45, 2.75) is 54.8 Å². The normalized spacial score (nSPS) is 44.6. The maximum absolute atomic E-state index is 12.7. The number of aliphatic hydroxyl groups excluding tert-OH is 5. The highest BCUT2D eigenvalue weighted by Gasteiger charge is 2.77. The molecule has 186 valence electrons. The van der Waals surface area contributed by atoms with Gasteiger partial charge in [0.25, 0.3) is 0 Å². The second kappa shape index (κ2) is 8.73. The van der Waals surface area contributed by atoms with Crippen LogP contribution in [-0.2, 0) is 23.7 Å². The molecule has 12 nitrogen and oxygen atoms in total. The van der Waals surface area contributed by atoms with E-state index in [1.165, 1.54) is 30.5 Å². The summed E-state index contributed by atoms with van der Waals surface area (Å²) in [6.45, 7) is -1.04. The van der Waals surface area contributed by atoms with Crippen molar-refractivity contribution >= 4 is 5.97 Å². The third kappa shape index (κ3) is 3.67. The number of aliphatic hydroxyl groups is 5. The second-order valence-electron chi connectivity index (χ2n) is 8.84. The topological polar surface area (TPSA) is 188 Å². The molecule has 0 unspecified atom stereocenters. The molecule has 6 N–H and O–H groups in total. The van der Waals surface area contributed by atoms with Crippen LogP contribution in [0.3, 0.4) is 0 Å². The average Bonchev–Trinajstić information content (AvgIpc) is 3.52. The van der Waals surface area contributed by atoms with Crippen LogP contribution in [0.1, 0.15) is 10.4 Å². The molecule has 0 amide bonds. The smallest absolute Gasteiger partial charge is 0.338 e. The number of ether oxygens (including phenoxy) is 5. The molecule has 11 atom stereocenters. The number of rotatable bonds is 6. The van der Waals surface area contributed by atoms with Gasteiger partial charge in [0, 0.05) is 5.92 Å². The average molecular weight is 482 g/mol. The summed E-state index contributed by atoms with van der Waals surface area (Å²) in [7, 11) is 0.